The summed E-state index contributed by atoms with van der Waals surface area (Å²) in [5, 5.41) is 0. The van der Waals surface area contributed by atoms with E-state index in [1.54, 1.807) is 6.26 Å². The largest absolute Gasteiger partial charge is 0.469 e. The highest BCUT2D eigenvalue weighted by molar-refractivity contribution is 4.99. The monoisotopic (exact) mass is 260 g/mol. The number of rotatable bonds is 2. The van der Waals surface area contributed by atoms with E-state index in [1.165, 1.54) is 37.9 Å². The van der Waals surface area contributed by atoms with Crippen LogP contribution in [0.15, 0.2) is 59.2 Å². The van der Waals surface area contributed by atoms with Crippen LogP contribution in [0.3, 0.4) is 0 Å². The fourth-order valence-electron chi connectivity index (χ4n) is 2.49. The first kappa shape index (κ1) is 15.5. The molecule has 1 saturated carbocycles. The van der Waals surface area contributed by atoms with Crippen LogP contribution in [0.25, 0.3) is 0 Å². The van der Waals surface area contributed by atoms with Gasteiger partial charge in [0.2, 0.25) is 0 Å². The summed E-state index contributed by atoms with van der Waals surface area (Å²) in [4.78, 5) is 0. The van der Waals surface area contributed by atoms with Gasteiger partial charge >= 0.3 is 0 Å². The van der Waals surface area contributed by atoms with Gasteiger partial charge in [-0.25, -0.2) is 0 Å². The first-order valence-corrected chi connectivity index (χ1v) is 6.97. The zero-order valence-corrected chi connectivity index (χ0v) is 11.4. The van der Waals surface area contributed by atoms with E-state index in [2.05, 4.69) is 6.07 Å². The molecule has 1 aliphatic rings. The highest BCUT2D eigenvalue weighted by Crippen LogP contribution is 2.26. The van der Waals surface area contributed by atoms with Gasteiger partial charge in [0.05, 0.1) is 6.26 Å². The first-order chi connectivity index (χ1) is 8.95. The zero-order valence-electron chi connectivity index (χ0n) is 11.4. The Labute approximate surface area is 115 Å². The molecule has 0 atom stereocenters. The number of benzene rings is 1. The van der Waals surface area contributed by atoms with E-state index in [0.29, 0.717) is 0 Å². The highest BCUT2D eigenvalue weighted by atomic mass is 16.3. The predicted octanol–water partition coefficient (Wildman–Crippen LogP) is 4.26. The molecule has 0 spiro atoms. The fourth-order valence-corrected chi connectivity index (χ4v) is 2.49. The molecule has 1 aliphatic carbocycles. The molecule has 3 rings (SSSR count). The van der Waals surface area contributed by atoms with Gasteiger partial charge in [0, 0.05) is 6.42 Å². The van der Waals surface area contributed by atoms with Crippen LogP contribution in [0.5, 0.6) is 0 Å². The summed E-state index contributed by atoms with van der Waals surface area (Å²) < 4.78 is 5.34. The Kier molecular flexibility index (Phi) is 7.68. The molecule has 0 aliphatic heterocycles. The summed E-state index contributed by atoms with van der Waals surface area (Å²) in [6.45, 7) is 0. The van der Waals surface area contributed by atoms with Crippen LogP contribution in [0.2, 0.25) is 0 Å². The minimum atomic E-state index is 0. The van der Waals surface area contributed by atoms with Crippen molar-refractivity contribution < 1.29 is 9.89 Å². The summed E-state index contributed by atoms with van der Waals surface area (Å²) in [5.41, 5.74) is 0. The molecule has 1 heterocycles. The maximum Gasteiger partial charge on any atom is 0.104 e. The smallest absolute Gasteiger partial charge is 0.104 e. The Balaban J connectivity index is 0.000000220. The fraction of sp³-hybridized carbons (Fsp3) is 0.412. The SMILES string of the molecule is O.c1ccccc1.c1coc(CC2CCCCC2)c1. The summed E-state index contributed by atoms with van der Waals surface area (Å²) in [6.07, 6.45) is 10.0. The molecule has 0 saturated heterocycles. The van der Waals surface area contributed by atoms with Gasteiger partial charge in [-0.3, -0.25) is 0 Å². The average molecular weight is 260 g/mol. The predicted molar refractivity (Wildman–Crippen MR) is 79.0 cm³/mol. The normalized spacial score (nSPS) is 14.9. The van der Waals surface area contributed by atoms with Gasteiger partial charge in [0.15, 0.2) is 0 Å². The summed E-state index contributed by atoms with van der Waals surface area (Å²) in [6, 6.07) is 16.1. The van der Waals surface area contributed by atoms with E-state index < -0.39 is 0 Å². The van der Waals surface area contributed by atoms with Crippen LogP contribution in [0.4, 0.5) is 0 Å². The van der Waals surface area contributed by atoms with Crippen molar-refractivity contribution in [3.05, 3.63) is 60.6 Å². The minimum absolute atomic E-state index is 0. The van der Waals surface area contributed by atoms with Crippen LogP contribution in [0.1, 0.15) is 37.9 Å². The van der Waals surface area contributed by atoms with Gasteiger partial charge in [-0.1, -0.05) is 68.5 Å². The second-order valence-corrected chi connectivity index (χ2v) is 4.94. The molecular weight excluding hydrogens is 236 g/mol. The molecule has 0 radical (unpaired) electrons. The summed E-state index contributed by atoms with van der Waals surface area (Å²) in [5.74, 6) is 2.06. The molecule has 0 unspecified atom stereocenters. The molecule has 2 nitrogen and oxygen atoms in total. The Morgan fingerprint density at radius 3 is 1.89 bits per heavy atom. The lowest BCUT2D eigenvalue weighted by molar-refractivity contribution is 0.334. The molecule has 0 amide bonds. The van der Waals surface area contributed by atoms with Crippen LogP contribution in [0, 0.1) is 5.92 Å². The first-order valence-electron chi connectivity index (χ1n) is 6.97. The van der Waals surface area contributed by atoms with Gasteiger partial charge in [-0.15, -0.1) is 0 Å². The van der Waals surface area contributed by atoms with Crippen LogP contribution >= 0.6 is 0 Å². The lowest BCUT2D eigenvalue weighted by atomic mass is 9.86. The van der Waals surface area contributed by atoms with E-state index >= 15 is 0 Å². The Hall–Kier alpha value is -1.54. The number of hydrogen-bond donors (Lipinski definition) is 0. The van der Waals surface area contributed by atoms with Crippen LogP contribution in [-0.4, -0.2) is 5.48 Å². The van der Waals surface area contributed by atoms with Crippen molar-refractivity contribution >= 4 is 0 Å². The molecule has 2 heteroatoms. The van der Waals surface area contributed by atoms with Crippen molar-refractivity contribution in [3.63, 3.8) is 0 Å². The van der Waals surface area contributed by atoms with Crippen molar-refractivity contribution in [3.8, 4) is 0 Å². The number of hydrogen-bond acceptors (Lipinski definition) is 1. The van der Waals surface area contributed by atoms with E-state index in [-0.39, 0.29) is 5.48 Å². The lowest BCUT2D eigenvalue weighted by Gasteiger charge is -2.20. The molecule has 2 aromatic rings. The maximum atomic E-state index is 5.34. The summed E-state index contributed by atoms with van der Waals surface area (Å²) >= 11 is 0. The second kappa shape index (κ2) is 9.40. The Morgan fingerprint density at radius 2 is 1.42 bits per heavy atom. The van der Waals surface area contributed by atoms with Crippen molar-refractivity contribution in [1.82, 2.24) is 0 Å². The van der Waals surface area contributed by atoms with E-state index in [1.807, 2.05) is 42.5 Å². The molecule has 1 aromatic heterocycles. The molecule has 2 N–H and O–H groups in total. The minimum Gasteiger partial charge on any atom is -0.469 e. The molecule has 1 aromatic carbocycles. The standard InChI is InChI=1S/C11H16O.C6H6.H2O/c1-2-5-10(6-3-1)9-11-7-4-8-12-11;1-2-4-6-5-3-1;/h4,7-8,10H,1-3,5-6,9H2;1-6H;1H2. The Bertz CT molecular complexity index is 362. The third-order valence-electron chi connectivity index (χ3n) is 3.46. The lowest BCUT2D eigenvalue weighted by Crippen LogP contribution is -2.08. The highest BCUT2D eigenvalue weighted by Gasteiger charge is 2.14. The summed E-state index contributed by atoms with van der Waals surface area (Å²) in [7, 11) is 0. The van der Waals surface area contributed by atoms with Gasteiger partial charge in [-0.05, 0) is 18.1 Å². The maximum absolute atomic E-state index is 5.34. The van der Waals surface area contributed by atoms with Crippen molar-refractivity contribution in [1.29, 1.82) is 0 Å². The van der Waals surface area contributed by atoms with Crippen molar-refractivity contribution in [2.45, 2.75) is 38.5 Å². The second-order valence-electron chi connectivity index (χ2n) is 4.94. The topological polar surface area (TPSA) is 44.6 Å². The Morgan fingerprint density at radius 1 is 0.842 bits per heavy atom. The zero-order chi connectivity index (χ0) is 12.5. The van der Waals surface area contributed by atoms with Crippen LogP contribution < -0.4 is 0 Å². The van der Waals surface area contributed by atoms with Crippen molar-refractivity contribution in [2.24, 2.45) is 5.92 Å². The molecule has 19 heavy (non-hydrogen) atoms. The third kappa shape index (κ3) is 6.25. The van der Waals surface area contributed by atoms with E-state index in [0.717, 1.165) is 12.3 Å². The molecular formula is C17H24O2. The third-order valence-corrected chi connectivity index (χ3v) is 3.46. The van der Waals surface area contributed by atoms with Gasteiger partial charge in [-0.2, -0.15) is 0 Å². The van der Waals surface area contributed by atoms with Crippen molar-refractivity contribution in [2.75, 3.05) is 0 Å². The van der Waals surface area contributed by atoms with Gasteiger partial charge < -0.3 is 9.89 Å². The molecule has 104 valence electrons. The van der Waals surface area contributed by atoms with Gasteiger partial charge in [0.1, 0.15) is 5.76 Å². The van der Waals surface area contributed by atoms with Gasteiger partial charge in [0.25, 0.3) is 0 Å². The van der Waals surface area contributed by atoms with Crippen LogP contribution in [-0.2, 0) is 6.42 Å². The molecule has 0 bridgehead atoms. The number of furan rings is 1. The molecule has 1 fully saturated rings. The quantitative estimate of drug-likeness (QED) is 0.795. The average Bonchev–Trinajstić information content (AvgIpc) is 2.96. The van der Waals surface area contributed by atoms with E-state index in [4.69, 9.17) is 4.42 Å². The van der Waals surface area contributed by atoms with E-state index in [9.17, 15) is 0 Å².